The lowest BCUT2D eigenvalue weighted by atomic mass is 9.91. The minimum atomic E-state index is -2.48. The molecule has 0 aromatic heterocycles. The maximum Gasteiger partial charge on any atom is 0.508 e. The lowest BCUT2D eigenvalue weighted by molar-refractivity contribution is -0.635. The summed E-state index contributed by atoms with van der Waals surface area (Å²) in [5.74, 6) is -5.00. The van der Waals surface area contributed by atoms with Crippen molar-refractivity contribution >= 4 is 45.7 Å². The molecule has 48 heavy (non-hydrogen) atoms. The average molecular weight is 689 g/mol. The number of hydrogen-bond donors (Lipinski definition) is 1. The smallest absolute Gasteiger partial charge is 0.482 e. The van der Waals surface area contributed by atoms with Crippen molar-refractivity contribution in [2.24, 2.45) is 5.92 Å². The van der Waals surface area contributed by atoms with Gasteiger partial charge in [0.05, 0.1) is 4.92 Å². The van der Waals surface area contributed by atoms with E-state index in [9.17, 15) is 54.3 Å². The van der Waals surface area contributed by atoms with Crippen LogP contribution in [-0.4, -0.2) is 87.8 Å². The molecule has 21 heteroatoms. The average Bonchev–Trinajstić information content (AvgIpc) is 3.05. The molecule has 2 heterocycles. The number of ether oxygens (including phenoxy) is 4. The number of fused-ring (bicyclic) bond motifs is 1. The summed E-state index contributed by atoms with van der Waals surface area (Å²) in [6, 6.07) is 13.3. The molecule has 2 aliphatic rings. The molecular weight excluding hydrogens is 664 g/mol. The second kappa shape index (κ2) is 14.9. The van der Waals surface area contributed by atoms with Crippen molar-refractivity contribution in [3.8, 4) is 0 Å². The van der Waals surface area contributed by atoms with Crippen LogP contribution in [-0.2, 0) is 52.5 Å². The molecule has 2 aliphatic heterocycles. The summed E-state index contributed by atoms with van der Waals surface area (Å²) in [5.41, 5.74) is 9.45. The Morgan fingerprint density at radius 2 is 1.69 bits per heavy atom. The fourth-order valence-corrected chi connectivity index (χ4v) is 6.25. The highest BCUT2D eigenvalue weighted by Crippen LogP contribution is 2.42. The minimum Gasteiger partial charge on any atom is -0.482 e. The summed E-state index contributed by atoms with van der Waals surface area (Å²) in [6.07, 6.45) is -3.97. The van der Waals surface area contributed by atoms with Gasteiger partial charge in [-0.15, -0.1) is 0 Å². The van der Waals surface area contributed by atoms with Crippen molar-refractivity contribution in [1.82, 2.24) is 9.91 Å². The topological polar surface area (TPSA) is 272 Å². The van der Waals surface area contributed by atoms with E-state index < -0.39 is 91.9 Å². The number of carboxylic acids is 1. The summed E-state index contributed by atoms with van der Waals surface area (Å²) in [7, 11) is -2.48. The van der Waals surface area contributed by atoms with E-state index in [0.29, 0.717) is 16.0 Å². The van der Waals surface area contributed by atoms with E-state index in [1.165, 1.54) is 31.2 Å². The van der Waals surface area contributed by atoms with Crippen LogP contribution in [0.4, 0.5) is 15.3 Å². The third-order valence-electron chi connectivity index (χ3n) is 6.89. The molecule has 2 aromatic rings. The number of hydrogen-bond acceptors (Lipinski definition) is 13. The number of hydrazine groups is 1. The van der Waals surface area contributed by atoms with Crippen LogP contribution >= 0.6 is 0 Å². The molecule has 0 radical (unpaired) electrons. The molecule has 2 aromatic carbocycles. The van der Waals surface area contributed by atoms with E-state index in [2.05, 4.69) is 4.79 Å². The van der Waals surface area contributed by atoms with Gasteiger partial charge in [-0.1, -0.05) is 30.3 Å². The number of amides is 2. The quantitative estimate of drug-likeness (QED) is 0.0787. The van der Waals surface area contributed by atoms with Gasteiger partial charge in [0.2, 0.25) is 5.91 Å². The van der Waals surface area contributed by atoms with Crippen molar-refractivity contribution in [1.29, 1.82) is 0 Å². The third kappa shape index (κ3) is 7.43. The number of aliphatic carboxylic acids is 1. The maximum atomic E-state index is 13.4. The van der Waals surface area contributed by atoms with Gasteiger partial charge in [-0.25, -0.2) is 28.7 Å². The normalized spacial score (nSPS) is 18.8. The molecule has 4 atom stereocenters. The Hall–Kier alpha value is -6.21. The van der Waals surface area contributed by atoms with Crippen LogP contribution in [0.5, 0.6) is 0 Å². The van der Waals surface area contributed by atoms with Gasteiger partial charge in [0, 0.05) is 12.1 Å². The van der Waals surface area contributed by atoms with Crippen molar-refractivity contribution in [3.63, 3.8) is 0 Å². The van der Waals surface area contributed by atoms with Crippen molar-refractivity contribution in [2.45, 2.75) is 31.6 Å². The lowest BCUT2D eigenvalue weighted by Gasteiger charge is -2.48. The number of rotatable bonds is 13. The molecule has 1 fully saturated rings. The van der Waals surface area contributed by atoms with Crippen LogP contribution in [0, 0.1) is 26.1 Å². The Morgan fingerprint density at radius 3 is 2.27 bits per heavy atom. The molecule has 0 aliphatic carbocycles. The zero-order chi connectivity index (χ0) is 35.1. The fraction of sp³-hybridized carbons (Fsp3) is 0.296. The molecule has 0 saturated carbocycles. The van der Waals surface area contributed by atoms with Crippen molar-refractivity contribution in [2.75, 3.05) is 13.2 Å². The van der Waals surface area contributed by atoms with Crippen LogP contribution in [0.1, 0.15) is 18.1 Å². The Kier molecular flexibility index (Phi) is 10.8. The Balaban J connectivity index is 1.42. The SMILES string of the molecule is CC(OC(=O)OCc1ccc([N+](=O)[O-])cc1)[C@H]1C(=O)N2C(C(=O)O)=C(OCCN(C(=O)OCc3ccccc3)[N+](=O)[O-])C(=[N+]=[N-])[S@](=O)[C@@H]12. The predicted molar refractivity (Wildman–Crippen MR) is 156 cm³/mol. The minimum absolute atomic E-state index is 0.0346. The molecule has 4 rings (SSSR count). The van der Waals surface area contributed by atoms with Crippen LogP contribution in [0.3, 0.4) is 0 Å². The molecule has 1 saturated heterocycles. The van der Waals surface area contributed by atoms with E-state index in [1.54, 1.807) is 30.3 Å². The van der Waals surface area contributed by atoms with Crippen molar-refractivity contribution in [3.05, 3.63) is 103 Å². The summed E-state index contributed by atoms with van der Waals surface area (Å²) in [5, 5.41) is 28.8. The Labute approximate surface area is 271 Å². The van der Waals surface area contributed by atoms with Crippen LogP contribution in [0.15, 0.2) is 66.1 Å². The van der Waals surface area contributed by atoms with Gasteiger partial charge in [0.1, 0.15) is 43.8 Å². The highest BCUT2D eigenvalue weighted by Gasteiger charge is 2.64. The number of non-ortho nitro benzene ring substituents is 1. The molecule has 1 N–H and O–H groups in total. The first-order chi connectivity index (χ1) is 22.8. The number of carbonyl (C=O) groups excluding carboxylic acids is 3. The molecule has 20 nitrogen and oxygen atoms in total. The second-order valence-corrected chi connectivity index (χ2v) is 11.3. The van der Waals surface area contributed by atoms with Crippen molar-refractivity contribution < 1.29 is 62.2 Å². The molecule has 0 bridgehead atoms. The van der Waals surface area contributed by atoms with Gasteiger partial charge in [-0.3, -0.25) is 19.8 Å². The zero-order valence-electron chi connectivity index (χ0n) is 24.6. The standard InChI is InChI=1S/C27H24N6O14S/c1-15(47-27(38)46-14-17-7-9-18(10-8-17)32(39)40)19-23(34)31-20(25(35)36)21(22(29-28)48(43)24(19)31)44-12-11-30(33(41)42)26(37)45-13-16-5-3-2-4-6-16/h2-10,15,19,24H,11-14H2,1H3,(H,35,36)/t15?,19-,24-,48-/m0/s1. The molecule has 2 amide bonds. The first-order valence-corrected chi connectivity index (χ1v) is 14.8. The van der Waals surface area contributed by atoms with Gasteiger partial charge >= 0.3 is 23.3 Å². The third-order valence-corrected chi connectivity index (χ3v) is 8.48. The fourth-order valence-electron chi connectivity index (χ4n) is 4.60. The van der Waals surface area contributed by atoms with Gasteiger partial charge < -0.3 is 29.6 Å². The number of carbonyl (C=O) groups is 4. The summed E-state index contributed by atoms with van der Waals surface area (Å²) in [4.78, 5) is 75.1. The van der Waals surface area contributed by atoms with Gasteiger partial charge in [0.15, 0.2) is 21.5 Å². The monoisotopic (exact) mass is 688 g/mol. The summed E-state index contributed by atoms with van der Waals surface area (Å²) in [6.45, 7) is -0.997. The zero-order valence-corrected chi connectivity index (χ0v) is 25.4. The van der Waals surface area contributed by atoms with E-state index in [-0.39, 0.29) is 23.9 Å². The summed E-state index contributed by atoms with van der Waals surface area (Å²) < 4.78 is 33.7. The number of carboxylic acid groups (broad SMARTS) is 1. The first kappa shape index (κ1) is 34.7. The van der Waals surface area contributed by atoms with Crippen LogP contribution in [0.2, 0.25) is 0 Å². The van der Waals surface area contributed by atoms with E-state index in [0.717, 1.165) is 0 Å². The van der Waals surface area contributed by atoms with E-state index in [4.69, 9.17) is 18.9 Å². The number of nitro benzene ring substituents is 1. The first-order valence-electron chi connectivity index (χ1n) is 13.6. The summed E-state index contributed by atoms with van der Waals surface area (Å²) >= 11 is 0. The molecule has 0 spiro atoms. The van der Waals surface area contributed by atoms with Gasteiger partial charge in [-0.05, 0) is 35.2 Å². The number of benzene rings is 2. The number of nitro groups is 2. The van der Waals surface area contributed by atoms with E-state index >= 15 is 0 Å². The largest absolute Gasteiger partial charge is 0.508 e. The number of nitrogens with zero attached hydrogens (tertiary/aromatic N) is 6. The van der Waals surface area contributed by atoms with Gasteiger partial charge in [0.25, 0.3) is 11.4 Å². The number of β-lactam (4-membered cyclic amide) rings is 1. The van der Waals surface area contributed by atoms with Gasteiger partial charge in [-0.2, -0.15) is 4.79 Å². The highest BCUT2D eigenvalue weighted by atomic mass is 32.2. The van der Waals surface area contributed by atoms with Crippen LogP contribution in [0.25, 0.3) is 5.53 Å². The lowest BCUT2D eigenvalue weighted by Crippen LogP contribution is -2.69. The Morgan fingerprint density at radius 1 is 1.06 bits per heavy atom. The van der Waals surface area contributed by atoms with E-state index in [1.807, 2.05) is 0 Å². The molecular formula is C27H24N6O14S. The molecule has 252 valence electrons. The predicted octanol–water partition coefficient (Wildman–Crippen LogP) is 1.95. The maximum absolute atomic E-state index is 13.4. The van der Waals surface area contributed by atoms with Crippen LogP contribution < -0.4 is 0 Å². The highest BCUT2D eigenvalue weighted by molar-refractivity contribution is 8.01. The molecule has 1 unspecified atom stereocenters. The Bertz CT molecular complexity index is 1740. The second-order valence-electron chi connectivity index (χ2n) is 9.84.